The molecule has 94 valence electrons. The highest BCUT2D eigenvalue weighted by atomic mass is 79.9. The van der Waals surface area contributed by atoms with Crippen LogP contribution in [-0.4, -0.2) is 19.5 Å². The molecule has 2 aromatic rings. The summed E-state index contributed by atoms with van der Waals surface area (Å²) in [5.74, 6) is 0.428. The lowest BCUT2D eigenvalue weighted by molar-refractivity contribution is 0.743. The first-order valence-corrected chi connectivity index (χ1v) is 6.80. The highest BCUT2D eigenvalue weighted by Crippen LogP contribution is 2.31. The summed E-state index contributed by atoms with van der Waals surface area (Å²) in [6.45, 7) is 0. The number of halogens is 1. The average Bonchev–Trinajstić information content (AvgIpc) is 3.03. The van der Waals surface area contributed by atoms with Gasteiger partial charge in [0.15, 0.2) is 11.3 Å². The van der Waals surface area contributed by atoms with Crippen molar-refractivity contribution in [2.75, 3.05) is 0 Å². The van der Waals surface area contributed by atoms with Crippen LogP contribution in [-0.2, 0) is 0 Å². The standard InChI is InChI=1S/C13H10BrN5/c14-11-6-16-12-13(18-11)19(7-17-12)9-1-2-10-8(5-9)3-4-15-10/h1-4,6-8,15H,5H2. The van der Waals surface area contributed by atoms with Gasteiger partial charge in [-0.1, -0.05) is 6.08 Å². The highest BCUT2D eigenvalue weighted by molar-refractivity contribution is 9.10. The van der Waals surface area contributed by atoms with Crippen molar-refractivity contribution < 1.29 is 0 Å². The summed E-state index contributed by atoms with van der Waals surface area (Å²) in [5, 5.41) is 3.25. The molecule has 1 aliphatic heterocycles. The molecule has 2 aliphatic rings. The third-order valence-corrected chi connectivity index (χ3v) is 3.78. The van der Waals surface area contributed by atoms with Crippen LogP contribution in [0.15, 0.2) is 47.3 Å². The second-order valence-corrected chi connectivity index (χ2v) is 5.36. The quantitative estimate of drug-likeness (QED) is 0.878. The summed E-state index contributed by atoms with van der Waals surface area (Å²) in [5.41, 5.74) is 3.88. The molecule has 1 aliphatic carbocycles. The Labute approximate surface area is 117 Å². The van der Waals surface area contributed by atoms with E-state index in [1.54, 1.807) is 12.5 Å². The van der Waals surface area contributed by atoms with Crippen molar-refractivity contribution in [2.45, 2.75) is 6.42 Å². The highest BCUT2D eigenvalue weighted by Gasteiger charge is 2.22. The molecule has 3 heterocycles. The summed E-state index contributed by atoms with van der Waals surface area (Å²) >= 11 is 3.35. The van der Waals surface area contributed by atoms with E-state index in [-0.39, 0.29) is 0 Å². The minimum absolute atomic E-state index is 0.428. The molecule has 0 spiro atoms. The van der Waals surface area contributed by atoms with Gasteiger partial charge in [0.2, 0.25) is 0 Å². The topological polar surface area (TPSA) is 55.6 Å². The summed E-state index contributed by atoms with van der Waals surface area (Å²) in [6, 6.07) is 0. The van der Waals surface area contributed by atoms with E-state index < -0.39 is 0 Å². The molecule has 19 heavy (non-hydrogen) atoms. The van der Waals surface area contributed by atoms with Crippen LogP contribution in [0, 0.1) is 5.92 Å². The van der Waals surface area contributed by atoms with Gasteiger partial charge in [0.1, 0.15) is 10.9 Å². The lowest BCUT2D eigenvalue weighted by Crippen LogP contribution is -2.12. The molecule has 4 rings (SSSR count). The van der Waals surface area contributed by atoms with Crippen LogP contribution in [0.25, 0.3) is 17.0 Å². The van der Waals surface area contributed by atoms with Gasteiger partial charge in [-0.15, -0.1) is 0 Å². The predicted octanol–water partition coefficient (Wildman–Crippen LogP) is 2.45. The Morgan fingerprint density at radius 1 is 1.32 bits per heavy atom. The normalized spacial score (nSPS) is 21.0. The van der Waals surface area contributed by atoms with E-state index in [1.807, 2.05) is 10.8 Å². The molecule has 2 aromatic heterocycles. The van der Waals surface area contributed by atoms with Crippen molar-refractivity contribution in [3.63, 3.8) is 0 Å². The number of hydrogen-bond acceptors (Lipinski definition) is 4. The van der Waals surface area contributed by atoms with E-state index in [9.17, 15) is 0 Å². The van der Waals surface area contributed by atoms with Gasteiger partial charge >= 0.3 is 0 Å². The van der Waals surface area contributed by atoms with Crippen molar-refractivity contribution in [1.82, 2.24) is 24.8 Å². The number of nitrogens with one attached hydrogen (secondary N) is 1. The van der Waals surface area contributed by atoms with Crippen LogP contribution in [0.1, 0.15) is 6.42 Å². The Hall–Kier alpha value is -1.95. The number of imidazole rings is 1. The maximum absolute atomic E-state index is 4.46. The van der Waals surface area contributed by atoms with Crippen LogP contribution >= 0.6 is 15.9 Å². The minimum Gasteiger partial charge on any atom is -0.365 e. The van der Waals surface area contributed by atoms with Crippen LogP contribution in [0.3, 0.4) is 0 Å². The lowest BCUT2D eigenvalue weighted by Gasteiger charge is -2.18. The fourth-order valence-corrected chi connectivity index (χ4v) is 2.73. The Kier molecular flexibility index (Phi) is 2.32. The zero-order valence-electron chi connectivity index (χ0n) is 9.92. The van der Waals surface area contributed by atoms with E-state index in [2.05, 4.69) is 54.4 Å². The summed E-state index contributed by atoms with van der Waals surface area (Å²) in [6.07, 6.45) is 12.8. The van der Waals surface area contributed by atoms with E-state index in [0.29, 0.717) is 11.6 Å². The van der Waals surface area contributed by atoms with Gasteiger partial charge in [-0.3, -0.25) is 4.57 Å². The molecule has 1 unspecified atom stereocenters. The number of rotatable bonds is 1. The van der Waals surface area contributed by atoms with Gasteiger partial charge in [0, 0.05) is 17.3 Å². The second kappa shape index (κ2) is 4.03. The van der Waals surface area contributed by atoms with Crippen molar-refractivity contribution >= 4 is 32.9 Å². The van der Waals surface area contributed by atoms with Gasteiger partial charge in [-0.05, 0) is 40.7 Å². The monoisotopic (exact) mass is 315 g/mol. The Bertz CT molecular complexity index is 755. The SMILES string of the molecule is Brc1cnc2ncn(C3=CC=C4NC=CC4C3)c2n1. The largest absolute Gasteiger partial charge is 0.365 e. The Morgan fingerprint density at radius 3 is 3.21 bits per heavy atom. The molecule has 6 heteroatoms. The number of fused-ring (bicyclic) bond motifs is 2. The molecule has 0 bridgehead atoms. The smallest absolute Gasteiger partial charge is 0.197 e. The Balaban J connectivity index is 1.83. The van der Waals surface area contributed by atoms with Crippen LogP contribution < -0.4 is 5.32 Å². The molecule has 0 saturated carbocycles. The maximum atomic E-state index is 4.46. The molecule has 0 radical (unpaired) electrons. The van der Waals surface area contributed by atoms with Gasteiger partial charge in [-0.2, -0.15) is 0 Å². The molecule has 0 amide bonds. The zero-order chi connectivity index (χ0) is 12.8. The zero-order valence-corrected chi connectivity index (χ0v) is 11.5. The predicted molar refractivity (Wildman–Crippen MR) is 75.8 cm³/mol. The van der Waals surface area contributed by atoms with Gasteiger partial charge in [-0.25, -0.2) is 15.0 Å². The fourth-order valence-electron chi connectivity index (χ4n) is 2.46. The summed E-state index contributed by atoms with van der Waals surface area (Å²) < 4.78 is 2.73. The first-order chi connectivity index (χ1) is 9.31. The maximum Gasteiger partial charge on any atom is 0.197 e. The first kappa shape index (κ1) is 10.9. The molecular formula is C13H10BrN5. The Morgan fingerprint density at radius 2 is 2.26 bits per heavy atom. The molecule has 0 aromatic carbocycles. The molecule has 0 saturated heterocycles. The fraction of sp³-hybridized carbons (Fsp3) is 0.154. The van der Waals surface area contributed by atoms with E-state index in [1.165, 1.54) is 11.4 Å². The molecular weight excluding hydrogens is 306 g/mol. The van der Waals surface area contributed by atoms with E-state index in [0.717, 1.165) is 16.7 Å². The number of aromatic nitrogens is 4. The second-order valence-electron chi connectivity index (χ2n) is 4.55. The summed E-state index contributed by atoms with van der Waals surface area (Å²) in [7, 11) is 0. The minimum atomic E-state index is 0.428. The number of allylic oxidation sites excluding steroid dienone is 4. The third kappa shape index (κ3) is 1.71. The van der Waals surface area contributed by atoms with Crippen molar-refractivity contribution in [3.8, 4) is 0 Å². The molecule has 1 N–H and O–H groups in total. The average molecular weight is 316 g/mol. The van der Waals surface area contributed by atoms with Crippen LogP contribution in [0.2, 0.25) is 0 Å². The van der Waals surface area contributed by atoms with Gasteiger partial charge in [0.25, 0.3) is 0 Å². The van der Waals surface area contributed by atoms with Crippen molar-refractivity contribution in [2.24, 2.45) is 5.92 Å². The third-order valence-electron chi connectivity index (χ3n) is 3.40. The summed E-state index contributed by atoms with van der Waals surface area (Å²) in [4.78, 5) is 13.0. The van der Waals surface area contributed by atoms with E-state index >= 15 is 0 Å². The van der Waals surface area contributed by atoms with Crippen LogP contribution in [0.5, 0.6) is 0 Å². The molecule has 5 nitrogen and oxygen atoms in total. The molecule has 0 fully saturated rings. The van der Waals surface area contributed by atoms with Crippen molar-refractivity contribution in [1.29, 1.82) is 0 Å². The van der Waals surface area contributed by atoms with Crippen LogP contribution in [0.4, 0.5) is 0 Å². The van der Waals surface area contributed by atoms with E-state index in [4.69, 9.17) is 0 Å². The first-order valence-electron chi connectivity index (χ1n) is 6.01. The van der Waals surface area contributed by atoms with Crippen molar-refractivity contribution in [3.05, 3.63) is 47.3 Å². The number of nitrogens with zero attached hydrogens (tertiary/aromatic N) is 4. The van der Waals surface area contributed by atoms with Gasteiger partial charge < -0.3 is 5.32 Å². The lowest BCUT2D eigenvalue weighted by atomic mass is 9.96. The molecule has 1 atom stereocenters. The number of hydrogen-bond donors (Lipinski definition) is 1. The van der Waals surface area contributed by atoms with Gasteiger partial charge in [0.05, 0.1) is 6.20 Å².